The number of hydrogen-bond donors (Lipinski definition) is 2. The summed E-state index contributed by atoms with van der Waals surface area (Å²) < 4.78 is 1.91. The largest absolute Gasteiger partial charge is 0.352 e. The predicted octanol–water partition coefficient (Wildman–Crippen LogP) is 2.38. The SMILES string of the molecule is Cc1cc(C)n(-c2ccccc2CNC(=O)Cc2cc(C)[nH]n2)n1. The van der Waals surface area contributed by atoms with Gasteiger partial charge in [0.05, 0.1) is 23.5 Å². The topological polar surface area (TPSA) is 75.6 Å². The molecule has 2 aromatic heterocycles. The summed E-state index contributed by atoms with van der Waals surface area (Å²) in [6.45, 7) is 6.37. The van der Waals surface area contributed by atoms with Crippen LogP contribution in [0.5, 0.6) is 0 Å². The highest BCUT2D eigenvalue weighted by molar-refractivity contribution is 5.78. The number of aryl methyl sites for hydroxylation is 3. The molecular weight excluding hydrogens is 302 g/mol. The predicted molar refractivity (Wildman–Crippen MR) is 91.9 cm³/mol. The van der Waals surface area contributed by atoms with Crippen LogP contribution in [0.4, 0.5) is 0 Å². The Labute approximate surface area is 140 Å². The minimum atomic E-state index is -0.0512. The number of aromatic nitrogens is 4. The van der Waals surface area contributed by atoms with E-state index in [2.05, 4.69) is 20.6 Å². The van der Waals surface area contributed by atoms with Crippen LogP contribution >= 0.6 is 0 Å². The molecule has 0 unspecified atom stereocenters. The fraction of sp³-hybridized carbons (Fsp3) is 0.278. The third kappa shape index (κ3) is 3.53. The number of amides is 1. The van der Waals surface area contributed by atoms with Crippen molar-refractivity contribution in [2.45, 2.75) is 33.7 Å². The molecule has 0 aliphatic carbocycles. The number of rotatable bonds is 5. The summed E-state index contributed by atoms with van der Waals surface area (Å²) >= 11 is 0. The van der Waals surface area contributed by atoms with Crippen molar-refractivity contribution in [2.75, 3.05) is 0 Å². The fourth-order valence-electron chi connectivity index (χ4n) is 2.73. The highest BCUT2D eigenvalue weighted by Gasteiger charge is 2.11. The van der Waals surface area contributed by atoms with Gasteiger partial charge in [-0.05, 0) is 44.5 Å². The Hall–Kier alpha value is -2.89. The Balaban J connectivity index is 1.71. The number of para-hydroxylation sites is 1. The van der Waals surface area contributed by atoms with Gasteiger partial charge < -0.3 is 5.32 Å². The zero-order valence-electron chi connectivity index (χ0n) is 14.1. The maximum atomic E-state index is 12.1. The molecular formula is C18H21N5O. The van der Waals surface area contributed by atoms with Crippen molar-refractivity contribution in [3.8, 4) is 5.69 Å². The number of aromatic amines is 1. The van der Waals surface area contributed by atoms with E-state index in [1.807, 2.05) is 61.9 Å². The number of carbonyl (C=O) groups is 1. The van der Waals surface area contributed by atoms with Gasteiger partial charge in [-0.25, -0.2) is 4.68 Å². The summed E-state index contributed by atoms with van der Waals surface area (Å²) in [6, 6.07) is 11.9. The molecule has 24 heavy (non-hydrogen) atoms. The van der Waals surface area contributed by atoms with Crippen LogP contribution in [-0.4, -0.2) is 25.9 Å². The zero-order valence-corrected chi connectivity index (χ0v) is 14.1. The second kappa shape index (κ2) is 6.70. The van der Waals surface area contributed by atoms with E-state index >= 15 is 0 Å². The second-order valence-corrected chi connectivity index (χ2v) is 5.96. The lowest BCUT2D eigenvalue weighted by Gasteiger charge is -2.12. The highest BCUT2D eigenvalue weighted by Crippen LogP contribution is 2.17. The van der Waals surface area contributed by atoms with Gasteiger partial charge >= 0.3 is 0 Å². The first kappa shape index (κ1) is 16.0. The smallest absolute Gasteiger partial charge is 0.226 e. The number of hydrogen-bond acceptors (Lipinski definition) is 3. The van der Waals surface area contributed by atoms with E-state index < -0.39 is 0 Å². The van der Waals surface area contributed by atoms with Crippen LogP contribution < -0.4 is 5.32 Å². The Morgan fingerprint density at radius 1 is 1.21 bits per heavy atom. The summed E-state index contributed by atoms with van der Waals surface area (Å²) in [5.41, 5.74) is 5.75. The monoisotopic (exact) mass is 323 g/mol. The van der Waals surface area contributed by atoms with Gasteiger partial charge in [-0.1, -0.05) is 18.2 Å². The van der Waals surface area contributed by atoms with Gasteiger partial charge in [0.25, 0.3) is 0 Å². The number of nitrogens with one attached hydrogen (secondary N) is 2. The lowest BCUT2D eigenvalue weighted by molar-refractivity contribution is -0.120. The summed E-state index contributed by atoms with van der Waals surface area (Å²) in [6.07, 6.45) is 0.270. The zero-order chi connectivity index (χ0) is 17.1. The van der Waals surface area contributed by atoms with Gasteiger partial charge in [-0.2, -0.15) is 10.2 Å². The third-order valence-corrected chi connectivity index (χ3v) is 3.81. The molecule has 2 heterocycles. The first-order valence-electron chi connectivity index (χ1n) is 7.92. The minimum Gasteiger partial charge on any atom is -0.352 e. The number of benzene rings is 1. The molecule has 0 aliphatic rings. The number of H-pyrrole nitrogens is 1. The van der Waals surface area contributed by atoms with E-state index in [-0.39, 0.29) is 12.3 Å². The van der Waals surface area contributed by atoms with E-state index in [4.69, 9.17) is 0 Å². The molecule has 0 aliphatic heterocycles. The van der Waals surface area contributed by atoms with Gasteiger partial charge in [-0.3, -0.25) is 9.89 Å². The van der Waals surface area contributed by atoms with Crippen LogP contribution in [-0.2, 0) is 17.8 Å². The Morgan fingerprint density at radius 3 is 2.67 bits per heavy atom. The lowest BCUT2D eigenvalue weighted by atomic mass is 10.1. The van der Waals surface area contributed by atoms with Crippen molar-refractivity contribution >= 4 is 5.91 Å². The van der Waals surface area contributed by atoms with E-state index in [0.29, 0.717) is 6.54 Å². The van der Waals surface area contributed by atoms with Gasteiger partial charge in [0.1, 0.15) is 0 Å². The second-order valence-electron chi connectivity index (χ2n) is 5.96. The van der Waals surface area contributed by atoms with Crippen LogP contribution in [0, 0.1) is 20.8 Å². The molecule has 0 radical (unpaired) electrons. The number of carbonyl (C=O) groups excluding carboxylic acids is 1. The van der Waals surface area contributed by atoms with E-state index in [1.54, 1.807) is 0 Å². The van der Waals surface area contributed by atoms with Crippen molar-refractivity contribution in [3.05, 3.63) is 64.7 Å². The van der Waals surface area contributed by atoms with Crippen LogP contribution in [0.15, 0.2) is 36.4 Å². The van der Waals surface area contributed by atoms with Crippen molar-refractivity contribution in [1.82, 2.24) is 25.3 Å². The summed E-state index contributed by atoms with van der Waals surface area (Å²) in [5.74, 6) is -0.0512. The van der Waals surface area contributed by atoms with Crippen LogP contribution in [0.3, 0.4) is 0 Å². The summed E-state index contributed by atoms with van der Waals surface area (Å²) in [5, 5.41) is 14.4. The molecule has 0 saturated heterocycles. The van der Waals surface area contributed by atoms with Gasteiger partial charge in [0.15, 0.2) is 0 Å². The van der Waals surface area contributed by atoms with Crippen LogP contribution in [0.1, 0.15) is 28.3 Å². The molecule has 1 amide bonds. The molecule has 6 nitrogen and oxygen atoms in total. The first-order valence-corrected chi connectivity index (χ1v) is 7.92. The Kier molecular flexibility index (Phi) is 4.46. The lowest BCUT2D eigenvalue weighted by Crippen LogP contribution is -2.25. The van der Waals surface area contributed by atoms with Crippen LogP contribution in [0.25, 0.3) is 5.69 Å². The van der Waals surface area contributed by atoms with Gasteiger partial charge in [0, 0.05) is 17.9 Å². The molecule has 0 bridgehead atoms. The molecule has 3 rings (SSSR count). The molecule has 2 N–H and O–H groups in total. The number of nitrogens with zero attached hydrogens (tertiary/aromatic N) is 3. The molecule has 3 aromatic rings. The standard InChI is InChI=1S/C18H21N5O/c1-12-9-16(21-20-12)10-18(24)19-11-15-6-4-5-7-17(15)23-14(3)8-13(2)22-23/h4-9H,10-11H2,1-3H3,(H,19,24)(H,20,21). The average Bonchev–Trinajstić information content (AvgIpc) is 3.10. The first-order chi connectivity index (χ1) is 11.5. The minimum absolute atomic E-state index is 0.0512. The normalized spacial score (nSPS) is 10.8. The molecule has 0 fully saturated rings. The van der Waals surface area contributed by atoms with Crippen LogP contribution in [0.2, 0.25) is 0 Å². The molecule has 0 spiro atoms. The van der Waals surface area contributed by atoms with Crippen molar-refractivity contribution < 1.29 is 4.79 Å². The average molecular weight is 323 g/mol. The molecule has 124 valence electrons. The Bertz CT molecular complexity index is 862. The molecule has 0 atom stereocenters. The fourth-order valence-corrected chi connectivity index (χ4v) is 2.73. The quantitative estimate of drug-likeness (QED) is 0.757. The summed E-state index contributed by atoms with van der Waals surface area (Å²) in [7, 11) is 0. The van der Waals surface area contributed by atoms with E-state index in [9.17, 15) is 4.79 Å². The van der Waals surface area contributed by atoms with Crippen molar-refractivity contribution in [2.24, 2.45) is 0 Å². The van der Waals surface area contributed by atoms with Crippen molar-refractivity contribution in [1.29, 1.82) is 0 Å². The molecule has 6 heteroatoms. The van der Waals surface area contributed by atoms with E-state index in [1.165, 1.54) is 0 Å². The van der Waals surface area contributed by atoms with Gasteiger partial charge in [0.2, 0.25) is 5.91 Å². The molecule has 1 aromatic carbocycles. The van der Waals surface area contributed by atoms with Gasteiger partial charge in [-0.15, -0.1) is 0 Å². The highest BCUT2D eigenvalue weighted by atomic mass is 16.1. The maximum Gasteiger partial charge on any atom is 0.226 e. The van der Waals surface area contributed by atoms with Crippen molar-refractivity contribution in [3.63, 3.8) is 0 Å². The maximum absolute atomic E-state index is 12.1. The summed E-state index contributed by atoms with van der Waals surface area (Å²) in [4.78, 5) is 12.1. The third-order valence-electron chi connectivity index (χ3n) is 3.81. The molecule has 0 saturated carbocycles. The Morgan fingerprint density at radius 2 is 2.00 bits per heavy atom. The van der Waals surface area contributed by atoms with E-state index in [0.717, 1.165) is 34.0 Å².